The van der Waals surface area contributed by atoms with Gasteiger partial charge in [-0.1, -0.05) is 0 Å². The number of primary amides is 1. The van der Waals surface area contributed by atoms with E-state index in [9.17, 15) is 14.4 Å². The molecule has 1 fully saturated rings. The molecule has 19 heavy (non-hydrogen) atoms. The molecule has 1 saturated carbocycles. The SMILES string of the molecule is NC(=O)C1(c2ccc(Br)c(C(=O)CCC=O)n2)CC1. The number of aromatic nitrogens is 1. The van der Waals surface area contributed by atoms with Gasteiger partial charge >= 0.3 is 0 Å². The van der Waals surface area contributed by atoms with E-state index in [1.807, 2.05) is 0 Å². The summed E-state index contributed by atoms with van der Waals surface area (Å²) in [7, 11) is 0. The molecule has 2 N–H and O–H groups in total. The Morgan fingerprint density at radius 1 is 1.42 bits per heavy atom. The van der Waals surface area contributed by atoms with E-state index in [0.29, 0.717) is 29.3 Å². The highest BCUT2D eigenvalue weighted by Gasteiger charge is 2.51. The maximum absolute atomic E-state index is 11.9. The van der Waals surface area contributed by atoms with Gasteiger partial charge in [0.2, 0.25) is 5.91 Å². The Bertz CT molecular complexity index is 553. The molecule has 0 atom stereocenters. The lowest BCUT2D eigenvalue weighted by molar-refractivity contribution is -0.120. The van der Waals surface area contributed by atoms with Crippen molar-refractivity contribution in [1.29, 1.82) is 0 Å². The number of aldehydes is 1. The number of Topliss-reactive ketones (excluding diaryl/α,β-unsaturated/α-hetero) is 1. The number of ketones is 1. The van der Waals surface area contributed by atoms with Crippen LogP contribution in [0.1, 0.15) is 41.9 Å². The summed E-state index contributed by atoms with van der Waals surface area (Å²) in [4.78, 5) is 38.0. The topological polar surface area (TPSA) is 90.1 Å². The van der Waals surface area contributed by atoms with Crippen LogP contribution in [0.2, 0.25) is 0 Å². The highest BCUT2D eigenvalue weighted by atomic mass is 79.9. The Morgan fingerprint density at radius 2 is 2.11 bits per heavy atom. The van der Waals surface area contributed by atoms with Crippen molar-refractivity contribution in [3.8, 4) is 0 Å². The van der Waals surface area contributed by atoms with Crippen LogP contribution in [0.3, 0.4) is 0 Å². The molecule has 1 aliphatic rings. The molecular formula is C13H13BrN2O3. The van der Waals surface area contributed by atoms with E-state index in [0.717, 1.165) is 0 Å². The maximum atomic E-state index is 11.9. The van der Waals surface area contributed by atoms with Gasteiger partial charge in [-0.25, -0.2) is 4.98 Å². The normalized spacial score (nSPS) is 15.8. The fraction of sp³-hybridized carbons (Fsp3) is 0.385. The molecule has 1 heterocycles. The fourth-order valence-electron chi connectivity index (χ4n) is 1.97. The summed E-state index contributed by atoms with van der Waals surface area (Å²) in [6.45, 7) is 0. The highest BCUT2D eigenvalue weighted by molar-refractivity contribution is 9.10. The van der Waals surface area contributed by atoms with E-state index < -0.39 is 11.3 Å². The van der Waals surface area contributed by atoms with Crippen molar-refractivity contribution in [2.24, 2.45) is 5.73 Å². The van der Waals surface area contributed by atoms with E-state index in [1.54, 1.807) is 12.1 Å². The molecule has 1 aliphatic carbocycles. The van der Waals surface area contributed by atoms with Crippen molar-refractivity contribution in [2.75, 3.05) is 0 Å². The largest absolute Gasteiger partial charge is 0.369 e. The molecular weight excluding hydrogens is 312 g/mol. The molecule has 1 aromatic rings. The van der Waals surface area contributed by atoms with E-state index in [4.69, 9.17) is 5.73 Å². The van der Waals surface area contributed by atoms with E-state index in [2.05, 4.69) is 20.9 Å². The first-order valence-electron chi connectivity index (χ1n) is 5.95. The number of hydrogen-bond donors (Lipinski definition) is 1. The molecule has 1 aromatic heterocycles. The van der Waals surface area contributed by atoms with Crippen LogP contribution in [0.25, 0.3) is 0 Å². The van der Waals surface area contributed by atoms with E-state index >= 15 is 0 Å². The Balaban J connectivity index is 2.33. The Morgan fingerprint density at radius 3 is 2.63 bits per heavy atom. The smallest absolute Gasteiger partial charge is 0.229 e. The van der Waals surface area contributed by atoms with Gasteiger partial charge in [0.1, 0.15) is 12.0 Å². The third-order valence-electron chi connectivity index (χ3n) is 3.31. The van der Waals surface area contributed by atoms with Gasteiger partial charge in [0.15, 0.2) is 5.78 Å². The quantitative estimate of drug-likeness (QED) is 0.634. The third-order valence-corrected chi connectivity index (χ3v) is 3.95. The average Bonchev–Trinajstić information content (AvgIpc) is 3.18. The summed E-state index contributed by atoms with van der Waals surface area (Å²) >= 11 is 3.26. The number of carbonyl (C=O) groups excluding carboxylic acids is 3. The predicted octanol–water partition coefficient (Wildman–Crippen LogP) is 1.52. The molecule has 0 aromatic carbocycles. The molecule has 100 valence electrons. The minimum atomic E-state index is -0.708. The molecule has 1 amide bonds. The highest BCUT2D eigenvalue weighted by Crippen LogP contribution is 2.47. The number of nitrogens with two attached hydrogens (primary N) is 1. The average molecular weight is 325 g/mol. The number of nitrogens with zero attached hydrogens (tertiary/aromatic N) is 1. The monoisotopic (exact) mass is 324 g/mol. The van der Waals surface area contributed by atoms with Gasteiger partial charge in [0.25, 0.3) is 0 Å². The lowest BCUT2D eigenvalue weighted by Gasteiger charge is -2.12. The zero-order valence-corrected chi connectivity index (χ0v) is 11.8. The van der Waals surface area contributed by atoms with Crippen LogP contribution >= 0.6 is 15.9 Å². The van der Waals surface area contributed by atoms with Gasteiger partial charge < -0.3 is 10.5 Å². The maximum Gasteiger partial charge on any atom is 0.229 e. The van der Waals surface area contributed by atoms with E-state index in [-0.39, 0.29) is 24.3 Å². The second-order valence-corrected chi connectivity index (χ2v) is 5.46. The van der Waals surface area contributed by atoms with Crippen molar-refractivity contribution in [3.63, 3.8) is 0 Å². The number of pyridine rings is 1. The second-order valence-electron chi connectivity index (χ2n) is 4.60. The van der Waals surface area contributed by atoms with Crippen molar-refractivity contribution in [1.82, 2.24) is 4.98 Å². The van der Waals surface area contributed by atoms with Crippen LogP contribution in [-0.2, 0) is 15.0 Å². The molecule has 0 aliphatic heterocycles. The third kappa shape index (κ3) is 2.58. The van der Waals surface area contributed by atoms with Gasteiger partial charge in [0.05, 0.1) is 11.1 Å². The molecule has 5 nitrogen and oxygen atoms in total. The fourth-order valence-corrected chi connectivity index (χ4v) is 2.41. The number of amides is 1. The lowest BCUT2D eigenvalue weighted by atomic mass is 10.00. The van der Waals surface area contributed by atoms with Crippen LogP contribution < -0.4 is 5.73 Å². The van der Waals surface area contributed by atoms with Gasteiger partial charge in [-0.15, -0.1) is 0 Å². The minimum Gasteiger partial charge on any atom is -0.369 e. The van der Waals surface area contributed by atoms with Crippen LogP contribution in [0.4, 0.5) is 0 Å². The first kappa shape index (κ1) is 13.9. The zero-order chi connectivity index (χ0) is 14.0. The number of carbonyl (C=O) groups is 3. The van der Waals surface area contributed by atoms with Crippen molar-refractivity contribution >= 4 is 33.9 Å². The standard InChI is InChI=1S/C13H13BrN2O3/c14-8-3-4-10(13(5-6-13)12(15)19)16-11(8)9(18)2-1-7-17/h3-4,7H,1-2,5-6H2,(H2,15,19). The molecule has 0 spiro atoms. The molecule has 6 heteroatoms. The predicted molar refractivity (Wildman–Crippen MR) is 71.7 cm³/mol. The Hall–Kier alpha value is -1.56. The summed E-state index contributed by atoms with van der Waals surface area (Å²) < 4.78 is 0.562. The zero-order valence-electron chi connectivity index (χ0n) is 10.2. The first-order valence-corrected chi connectivity index (χ1v) is 6.74. The molecule has 0 saturated heterocycles. The summed E-state index contributed by atoms with van der Waals surface area (Å²) in [5, 5.41) is 0. The molecule has 0 radical (unpaired) electrons. The Kier molecular flexibility index (Phi) is 3.80. The van der Waals surface area contributed by atoms with Crippen LogP contribution in [0, 0.1) is 0 Å². The number of hydrogen-bond acceptors (Lipinski definition) is 4. The molecule has 0 bridgehead atoms. The molecule has 0 unspecified atom stereocenters. The van der Waals surface area contributed by atoms with Crippen molar-refractivity contribution in [2.45, 2.75) is 31.1 Å². The van der Waals surface area contributed by atoms with E-state index in [1.165, 1.54) is 0 Å². The van der Waals surface area contributed by atoms with Crippen molar-refractivity contribution in [3.05, 3.63) is 28.0 Å². The molecule has 2 rings (SSSR count). The minimum absolute atomic E-state index is 0.113. The van der Waals surface area contributed by atoms with Gasteiger partial charge in [-0.3, -0.25) is 9.59 Å². The van der Waals surface area contributed by atoms with Gasteiger partial charge in [-0.2, -0.15) is 0 Å². The first-order chi connectivity index (χ1) is 9.01. The summed E-state index contributed by atoms with van der Waals surface area (Å²) in [5.41, 5.74) is 5.48. The van der Waals surface area contributed by atoms with Crippen LogP contribution in [-0.4, -0.2) is 23.0 Å². The summed E-state index contributed by atoms with van der Waals surface area (Å²) in [6.07, 6.45) is 2.31. The number of halogens is 1. The Labute approximate surface area is 118 Å². The van der Waals surface area contributed by atoms with Gasteiger partial charge in [-0.05, 0) is 40.9 Å². The van der Waals surface area contributed by atoms with Crippen LogP contribution in [0.5, 0.6) is 0 Å². The number of rotatable bonds is 6. The summed E-state index contributed by atoms with van der Waals surface area (Å²) in [5.74, 6) is -0.630. The van der Waals surface area contributed by atoms with Crippen molar-refractivity contribution < 1.29 is 14.4 Å². The lowest BCUT2D eigenvalue weighted by Crippen LogP contribution is -2.29. The summed E-state index contributed by atoms with van der Waals surface area (Å²) in [6, 6.07) is 3.40. The van der Waals surface area contributed by atoms with Gasteiger partial charge in [0, 0.05) is 17.3 Å². The van der Waals surface area contributed by atoms with Crippen LogP contribution in [0.15, 0.2) is 16.6 Å². The second kappa shape index (κ2) is 5.21.